The van der Waals surface area contributed by atoms with Crippen molar-refractivity contribution in [2.45, 2.75) is 39.4 Å². The summed E-state index contributed by atoms with van der Waals surface area (Å²) in [5, 5.41) is 4.60. The molecular weight excluding hydrogens is 341 g/mol. The van der Waals surface area contributed by atoms with E-state index in [9.17, 15) is 12.8 Å². The van der Waals surface area contributed by atoms with Gasteiger partial charge >= 0.3 is 0 Å². The van der Waals surface area contributed by atoms with Gasteiger partial charge in [-0.05, 0) is 26.3 Å². The highest BCUT2D eigenvalue weighted by Gasteiger charge is 2.31. The smallest absolute Gasteiger partial charge is 0.152 e. The fraction of sp³-hybridized carbons (Fsp3) is 0.500. The fourth-order valence-electron chi connectivity index (χ4n) is 3.61. The maximum Gasteiger partial charge on any atom is 0.152 e. The second-order valence-corrected chi connectivity index (χ2v) is 9.28. The van der Waals surface area contributed by atoms with Crippen molar-refractivity contribution < 1.29 is 17.7 Å². The molecule has 2 atom stereocenters. The minimum Gasteiger partial charge on any atom is -0.330 e. The number of rotatable bonds is 5. The van der Waals surface area contributed by atoms with Gasteiger partial charge in [0.25, 0.3) is 0 Å². The summed E-state index contributed by atoms with van der Waals surface area (Å²) in [6.45, 7) is 5.27. The van der Waals surface area contributed by atoms with Gasteiger partial charge in [-0.1, -0.05) is 18.2 Å². The topological polar surface area (TPSA) is 56.4 Å². The SMILES string of the molecule is Cc1nn([C@@H]2CCS(=O)(=O)C2)c(C)c1C[NH+](C)Cc1ccccc1F. The molecule has 25 heavy (non-hydrogen) atoms. The van der Waals surface area contributed by atoms with Gasteiger partial charge in [-0.2, -0.15) is 5.10 Å². The first-order valence-corrected chi connectivity index (χ1v) is 10.4. The highest BCUT2D eigenvalue weighted by atomic mass is 32.2. The predicted octanol–water partition coefficient (Wildman–Crippen LogP) is 1.21. The summed E-state index contributed by atoms with van der Waals surface area (Å²) >= 11 is 0. The van der Waals surface area contributed by atoms with Gasteiger partial charge in [0.2, 0.25) is 0 Å². The van der Waals surface area contributed by atoms with Crippen LogP contribution in [0.25, 0.3) is 0 Å². The molecule has 0 amide bonds. The van der Waals surface area contributed by atoms with Crippen molar-refractivity contribution >= 4 is 9.84 Å². The number of hydrogen-bond donors (Lipinski definition) is 1. The molecule has 1 saturated heterocycles. The van der Waals surface area contributed by atoms with E-state index in [0.717, 1.165) is 28.4 Å². The van der Waals surface area contributed by atoms with Crippen molar-refractivity contribution in [3.8, 4) is 0 Å². The monoisotopic (exact) mass is 366 g/mol. The summed E-state index contributed by atoms with van der Waals surface area (Å²) in [6, 6.07) is 6.77. The first-order chi connectivity index (χ1) is 11.8. The van der Waals surface area contributed by atoms with Crippen molar-refractivity contribution in [3.63, 3.8) is 0 Å². The van der Waals surface area contributed by atoms with Crippen LogP contribution in [-0.2, 0) is 22.9 Å². The number of nitrogens with zero attached hydrogens (tertiary/aromatic N) is 2. The van der Waals surface area contributed by atoms with E-state index in [2.05, 4.69) is 5.10 Å². The van der Waals surface area contributed by atoms with Crippen LogP contribution in [0.15, 0.2) is 24.3 Å². The Balaban J connectivity index is 1.76. The molecule has 1 unspecified atom stereocenters. The van der Waals surface area contributed by atoms with Gasteiger partial charge < -0.3 is 4.90 Å². The lowest BCUT2D eigenvalue weighted by Crippen LogP contribution is -3.06. The Bertz CT molecular complexity index is 876. The first-order valence-electron chi connectivity index (χ1n) is 8.56. The first kappa shape index (κ1) is 18.1. The molecule has 0 radical (unpaired) electrons. The van der Waals surface area contributed by atoms with Crippen molar-refractivity contribution in [3.05, 3.63) is 52.6 Å². The van der Waals surface area contributed by atoms with Gasteiger partial charge in [-0.15, -0.1) is 0 Å². The Morgan fingerprint density at radius 2 is 2.00 bits per heavy atom. The number of nitrogens with one attached hydrogen (secondary N) is 1. The zero-order valence-electron chi connectivity index (χ0n) is 14.9. The number of sulfone groups is 1. The quantitative estimate of drug-likeness (QED) is 0.866. The molecule has 0 spiro atoms. The third kappa shape index (κ3) is 3.93. The zero-order valence-corrected chi connectivity index (χ0v) is 15.7. The molecule has 1 aliphatic rings. The third-order valence-electron chi connectivity index (χ3n) is 4.96. The van der Waals surface area contributed by atoms with Crippen LogP contribution in [0.3, 0.4) is 0 Å². The Hall–Kier alpha value is -1.73. The largest absolute Gasteiger partial charge is 0.330 e. The van der Waals surface area contributed by atoms with E-state index in [1.54, 1.807) is 6.07 Å². The number of halogens is 1. The van der Waals surface area contributed by atoms with Gasteiger partial charge in [-0.3, -0.25) is 4.68 Å². The molecule has 136 valence electrons. The second kappa shape index (κ2) is 6.88. The lowest BCUT2D eigenvalue weighted by Gasteiger charge is -2.16. The number of benzene rings is 1. The van der Waals surface area contributed by atoms with Crippen molar-refractivity contribution in [1.29, 1.82) is 0 Å². The normalized spacial score (nSPS) is 20.7. The average molecular weight is 366 g/mol. The standard InChI is InChI=1S/C18H24FN3O2S/c1-13-17(11-21(3)10-15-6-4-5-7-18(15)19)14(2)22(20-13)16-8-9-25(23,24)12-16/h4-7,16H,8-12H2,1-3H3/p+1/t16-/m1/s1. The number of quaternary nitrogens is 1. The highest BCUT2D eigenvalue weighted by Crippen LogP contribution is 2.26. The Morgan fingerprint density at radius 3 is 2.64 bits per heavy atom. The van der Waals surface area contributed by atoms with Gasteiger partial charge in [-0.25, -0.2) is 12.8 Å². The van der Waals surface area contributed by atoms with Gasteiger partial charge in [0.15, 0.2) is 9.84 Å². The van der Waals surface area contributed by atoms with Crippen LogP contribution < -0.4 is 4.90 Å². The Morgan fingerprint density at radius 1 is 1.28 bits per heavy atom. The summed E-state index contributed by atoms with van der Waals surface area (Å²) in [4.78, 5) is 1.16. The summed E-state index contributed by atoms with van der Waals surface area (Å²) in [5.74, 6) is 0.234. The van der Waals surface area contributed by atoms with Crippen molar-refractivity contribution in [2.24, 2.45) is 0 Å². The van der Waals surface area contributed by atoms with E-state index in [4.69, 9.17) is 0 Å². The van der Waals surface area contributed by atoms with Crippen LogP contribution in [-0.4, -0.2) is 36.8 Å². The molecule has 7 heteroatoms. The van der Waals surface area contributed by atoms with E-state index < -0.39 is 9.84 Å². The van der Waals surface area contributed by atoms with E-state index in [-0.39, 0.29) is 23.4 Å². The molecule has 3 rings (SSSR count). The van der Waals surface area contributed by atoms with E-state index in [0.29, 0.717) is 18.5 Å². The molecule has 2 aromatic rings. The third-order valence-corrected chi connectivity index (χ3v) is 6.71. The van der Waals surface area contributed by atoms with E-state index in [1.807, 2.05) is 37.7 Å². The van der Waals surface area contributed by atoms with Gasteiger partial charge in [0, 0.05) is 11.3 Å². The Labute approximate surface area is 148 Å². The number of hydrogen-bond acceptors (Lipinski definition) is 3. The molecule has 1 aromatic heterocycles. The molecule has 0 saturated carbocycles. The van der Waals surface area contributed by atoms with E-state index >= 15 is 0 Å². The molecule has 1 N–H and O–H groups in total. The molecular formula is C18H25FN3O2S+. The maximum absolute atomic E-state index is 13.8. The Kier molecular flexibility index (Phi) is 4.97. The van der Waals surface area contributed by atoms with Crippen LogP contribution in [0.5, 0.6) is 0 Å². The second-order valence-electron chi connectivity index (χ2n) is 7.05. The van der Waals surface area contributed by atoms with Gasteiger partial charge in [0.1, 0.15) is 18.9 Å². The van der Waals surface area contributed by atoms with Crippen molar-refractivity contribution in [2.75, 3.05) is 18.6 Å². The average Bonchev–Trinajstić information content (AvgIpc) is 3.03. The summed E-state index contributed by atoms with van der Waals surface area (Å²) < 4.78 is 39.2. The van der Waals surface area contributed by atoms with Crippen LogP contribution in [0, 0.1) is 19.7 Å². The number of aromatic nitrogens is 2. The lowest BCUT2D eigenvalue weighted by molar-refractivity contribution is -0.907. The summed E-state index contributed by atoms with van der Waals surface area (Å²) in [5.41, 5.74) is 3.77. The highest BCUT2D eigenvalue weighted by molar-refractivity contribution is 7.91. The van der Waals surface area contributed by atoms with Crippen LogP contribution in [0.4, 0.5) is 4.39 Å². The summed E-state index contributed by atoms with van der Waals surface area (Å²) in [6.07, 6.45) is 0.627. The van der Waals surface area contributed by atoms with Crippen molar-refractivity contribution in [1.82, 2.24) is 9.78 Å². The maximum atomic E-state index is 13.8. The summed E-state index contributed by atoms with van der Waals surface area (Å²) in [7, 11) is -0.910. The minimum atomic E-state index is -2.94. The molecule has 0 bridgehead atoms. The lowest BCUT2D eigenvalue weighted by atomic mass is 10.1. The molecule has 5 nitrogen and oxygen atoms in total. The van der Waals surface area contributed by atoms with Crippen LogP contribution in [0.2, 0.25) is 0 Å². The molecule has 2 heterocycles. The van der Waals surface area contributed by atoms with E-state index in [1.165, 1.54) is 6.07 Å². The van der Waals surface area contributed by atoms with Crippen LogP contribution >= 0.6 is 0 Å². The predicted molar refractivity (Wildman–Crippen MR) is 94.7 cm³/mol. The molecule has 1 fully saturated rings. The molecule has 1 aliphatic heterocycles. The fourth-order valence-corrected chi connectivity index (χ4v) is 5.30. The van der Waals surface area contributed by atoms with Gasteiger partial charge in [0.05, 0.1) is 35.9 Å². The molecule has 0 aliphatic carbocycles. The van der Waals surface area contributed by atoms with Crippen LogP contribution in [0.1, 0.15) is 35.0 Å². The zero-order chi connectivity index (χ0) is 18.2. The molecule has 1 aromatic carbocycles. The minimum absolute atomic E-state index is 0.0654. The number of aryl methyl sites for hydroxylation is 1.